The lowest BCUT2D eigenvalue weighted by Crippen LogP contribution is -2.47. The van der Waals surface area contributed by atoms with Crippen molar-refractivity contribution < 1.29 is 0 Å². The van der Waals surface area contributed by atoms with Crippen molar-refractivity contribution in [1.29, 1.82) is 0 Å². The molecule has 1 atom stereocenters. The van der Waals surface area contributed by atoms with E-state index in [0.29, 0.717) is 0 Å². The fraction of sp³-hybridized carbons (Fsp3) is 1.00. The van der Waals surface area contributed by atoms with E-state index in [1.54, 1.807) is 0 Å². The van der Waals surface area contributed by atoms with Crippen LogP contribution in [0.25, 0.3) is 0 Å². The van der Waals surface area contributed by atoms with Crippen molar-refractivity contribution in [2.75, 3.05) is 24.1 Å². The van der Waals surface area contributed by atoms with E-state index >= 15 is 0 Å². The lowest BCUT2D eigenvalue weighted by molar-refractivity contribution is 0.362. The molecule has 0 bridgehead atoms. The third-order valence-electron chi connectivity index (χ3n) is 1.39. The van der Waals surface area contributed by atoms with Crippen LogP contribution in [-0.2, 0) is 0 Å². The Labute approximate surface area is 83.4 Å². The molecule has 1 saturated heterocycles. The van der Waals surface area contributed by atoms with Gasteiger partial charge in [0.15, 0.2) is 0 Å². The molecule has 0 amide bonds. The van der Waals surface area contributed by atoms with Crippen LogP contribution < -0.4 is 5.32 Å². The van der Waals surface area contributed by atoms with E-state index in [-0.39, 0.29) is 0 Å². The summed E-state index contributed by atoms with van der Waals surface area (Å²) in [5, 5.41) is 3.45. The van der Waals surface area contributed by atoms with Gasteiger partial charge in [0.2, 0.25) is 0 Å². The van der Waals surface area contributed by atoms with Crippen molar-refractivity contribution in [1.82, 2.24) is 8.43 Å². The van der Waals surface area contributed by atoms with Crippen LogP contribution in [-0.4, -0.2) is 33.2 Å². The topological polar surface area (TPSA) is 15.3 Å². The van der Waals surface area contributed by atoms with Gasteiger partial charge >= 0.3 is 0 Å². The first-order valence-electron chi connectivity index (χ1n) is 3.03. The molecule has 0 saturated carbocycles. The Morgan fingerprint density at radius 1 is 1.67 bits per heavy atom. The molecule has 2 nitrogen and oxygen atoms in total. The Hall–Kier alpha value is 1.38. The quantitative estimate of drug-likeness (QED) is 0.431. The summed E-state index contributed by atoms with van der Waals surface area (Å²) in [7, 11) is 0. The molecular weight excluding hydrogens is 342 g/mol. The highest BCUT2D eigenvalue weighted by Gasteiger charge is 2.14. The number of halogens is 2. The van der Waals surface area contributed by atoms with Gasteiger partial charge in [0.25, 0.3) is 0 Å². The van der Waals surface area contributed by atoms with Crippen molar-refractivity contribution >= 4 is 45.5 Å². The maximum Gasteiger partial charge on any atom is 0.0293 e. The summed E-state index contributed by atoms with van der Waals surface area (Å²) < 4.78 is 3.56. The van der Waals surface area contributed by atoms with Gasteiger partial charge in [-0.1, -0.05) is 22.6 Å². The summed E-state index contributed by atoms with van der Waals surface area (Å²) in [5.41, 5.74) is 0. The minimum Gasteiger partial charge on any atom is -0.311 e. The second-order valence-corrected chi connectivity index (χ2v) is 4.42. The van der Waals surface area contributed by atoms with Crippen LogP contribution in [0, 0.1) is 0 Å². The monoisotopic (exact) mass is 352 g/mol. The van der Waals surface area contributed by atoms with Crippen LogP contribution in [0.1, 0.15) is 0 Å². The smallest absolute Gasteiger partial charge is 0.0293 e. The third kappa shape index (κ3) is 2.85. The van der Waals surface area contributed by atoms with Crippen molar-refractivity contribution in [3.8, 4) is 0 Å². The van der Waals surface area contributed by atoms with Gasteiger partial charge in [-0.05, 0) is 0 Å². The molecule has 0 radical (unpaired) electrons. The average molecular weight is 352 g/mol. The fourth-order valence-electron chi connectivity index (χ4n) is 0.888. The van der Waals surface area contributed by atoms with Crippen LogP contribution in [0.2, 0.25) is 0 Å². The summed E-state index contributed by atoms with van der Waals surface area (Å²) in [6.07, 6.45) is 0. The van der Waals surface area contributed by atoms with Crippen LogP contribution >= 0.6 is 45.5 Å². The van der Waals surface area contributed by atoms with Gasteiger partial charge in [0.1, 0.15) is 0 Å². The SMILES string of the molecule is ICC1CN(I)CCN1. The molecule has 0 aliphatic carbocycles. The van der Waals surface area contributed by atoms with E-state index in [4.69, 9.17) is 0 Å². The van der Waals surface area contributed by atoms with Crippen LogP contribution in [0.3, 0.4) is 0 Å². The number of piperazine rings is 1. The summed E-state index contributed by atoms with van der Waals surface area (Å²) in [6.45, 7) is 3.54. The maximum absolute atomic E-state index is 3.45. The van der Waals surface area contributed by atoms with E-state index in [0.717, 1.165) is 12.6 Å². The molecule has 1 aliphatic rings. The summed E-state index contributed by atoms with van der Waals surface area (Å²) in [4.78, 5) is 0. The molecular formula is C5H10I2N2. The van der Waals surface area contributed by atoms with Gasteiger partial charge in [-0.3, -0.25) is 0 Å². The number of alkyl halides is 1. The van der Waals surface area contributed by atoms with Gasteiger partial charge in [0, 0.05) is 53.0 Å². The largest absolute Gasteiger partial charge is 0.311 e. The van der Waals surface area contributed by atoms with Gasteiger partial charge in [0.05, 0.1) is 0 Å². The van der Waals surface area contributed by atoms with Crippen LogP contribution in [0.5, 0.6) is 0 Å². The second kappa shape index (κ2) is 4.30. The highest BCUT2D eigenvalue weighted by atomic mass is 127. The number of nitrogens with zero attached hydrogens (tertiary/aromatic N) is 1. The second-order valence-electron chi connectivity index (χ2n) is 2.17. The predicted octanol–water partition coefficient (Wildman–Crippen LogP) is 1.05. The first-order valence-corrected chi connectivity index (χ1v) is 5.52. The van der Waals surface area contributed by atoms with Gasteiger partial charge in [-0.15, -0.1) is 0 Å². The van der Waals surface area contributed by atoms with Crippen LogP contribution in [0.15, 0.2) is 0 Å². The Kier molecular flexibility index (Phi) is 4.05. The van der Waals surface area contributed by atoms with Gasteiger partial charge < -0.3 is 5.32 Å². The molecule has 0 aromatic rings. The van der Waals surface area contributed by atoms with Crippen molar-refractivity contribution in [3.63, 3.8) is 0 Å². The highest BCUT2D eigenvalue weighted by Crippen LogP contribution is 2.05. The average Bonchev–Trinajstić information content (AvgIpc) is 1.88. The molecule has 1 aliphatic heterocycles. The number of hydrogen-bond donors (Lipinski definition) is 1. The lowest BCUT2D eigenvalue weighted by Gasteiger charge is -2.27. The minimum atomic E-state index is 0.719. The van der Waals surface area contributed by atoms with Crippen molar-refractivity contribution in [3.05, 3.63) is 0 Å². The number of hydrogen-bond acceptors (Lipinski definition) is 2. The zero-order valence-electron chi connectivity index (χ0n) is 5.11. The van der Waals surface area contributed by atoms with Gasteiger partial charge in [-0.2, -0.15) is 0 Å². The Morgan fingerprint density at radius 3 is 2.89 bits per heavy atom. The standard InChI is InChI=1S/C5H10I2N2/c6-3-5-4-9(7)2-1-8-5/h5,8H,1-4H2. The van der Waals surface area contributed by atoms with E-state index in [1.165, 1.54) is 17.5 Å². The Balaban J connectivity index is 2.23. The molecule has 1 unspecified atom stereocenters. The zero-order chi connectivity index (χ0) is 6.69. The molecule has 9 heavy (non-hydrogen) atoms. The van der Waals surface area contributed by atoms with Crippen molar-refractivity contribution in [2.45, 2.75) is 6.04 Å². The molecule has 0 aromatic carbocycles. The molecule has 1 rings (SSSR count). The maximum atomic E-state index is 3.45. The van der Waals surface area contributed by atoms with Gasteiger partial charge in [-0.25, -0.2) is 3.11 Å². The molecule has 1 heterocycles. The molecule has 54 valence electrons. The normalized spacial score (nSPS) is 30.7. The third-order valence-corrected chi connectivity index (χ3v) is 3.33. The van der Waals surface area contributed by atoms with Crippen LogP contribution in [0.4, 0.5) is 0 Å². The summed E-state index contributed by atoms with van der Waals surface area (Å²) in [5.74, 6) is 0. The first kappa shape index (κ1) is 8.48. The Bertz CT molecular complexity index is 89.0. The van der Waals surface area contributed by atoms with E-state index in [1.807, 2.05) is 0 Å². The number of nitrogens with one attached hydrogen (secondary N) is 1. The summed E-state index contributed by atoms with van der Waals surface area (Å²) in [6, 6.07) is 0.719. The fourth-order valence-corrected chi connectivity index (χ4v) is 2.19. The van der Waals surface area contributed by atoms with E-state index in [9.17, 15) is 0 Å². The minimum absolute atomic E-state index is 0.719. The zero-order valence-corrected chi connectivity index (χ0v) is 9.42. The molecule has 0 spiro atoms. The number of rotatable bonds is 1. The Morgan fingerprint density at radius 2 is 2.44 bits per heavy atom. The van der Waals surface area contributed by atoms with E-state index < -0.39 is 0 Å². The molecule has 1 N–H and O–H groups in total. The van der Waals surface area contributed by atoms with Crippen molar-refractivity contribution in [2.24, 2.45) is 0 Å². The predicted molar refractivity (Wildman–Crippen MR) is 56.3 cm³/mol. The first-order chi connectivity index (χ1) is 4.33. The van der Waals surface area contributed by atoms with E-state index in [2.05, 4.69) is 53.9 Å². The molecule has 4 heteroatoms. The highest BCUT2D eigenvalue weighted by molar-refractivity contribution is 14.1. The lowest BCUT2D eigenvalue weighted by atomic mass is 10.3. The molecule has 0 aromatic heterocycles. The summed E-state index contributed by atoms with van der Waals surface area (Å²) >= 11 is 4.81. The molecule has 1 fully saturated rings.